The van der Waals surface area contributed by atoms with Gasteiger partial charge in [0.25, 0.3) is 0 Å². The van der Waals surface area contributed by atoms with Crippen LogP contribution in [0.5, 0.6) is 5.75 Å². The van der Waals surface area contributed by atoms with E-state index in [9.17, 15) is 19.2 Å². The number of ether oxygens (including phenoxy) is 1. The molecule has 2 amide bonds. The fraction of sp³-hybridized carbons (Fsp3) is 0.524. The zero-order chi connectivity index (χ0) is 23.9. The standard InChI is InChI=1S/C21H31N3O7S/c1-2-3-10-31-15-6-4-14(5-7-15)12-32-13-17(20(28)23-11-19(26)27)24-18(25)9-8-16(22)21(29)30/h4-7,16-17H,2-3,8-13,22H2,1H3,(H,23,28)(H,24,25)(H,26,27)(H,29,30). The van der Waals surface area contributed by atoms with Gasteiger partial charge in [0.2, 0.25) is 11.8 Å². The Morgan fingerprint density at radius 1 is 1.16 bits per heavy atom. The number of unbranched alkanes of at least 4 members (excludes halogenated alkanes) is 1. The summed E-state index contributed by atoms with van der Waals surface area (Å²) in [5, 5.41) is 22.3. The molecule has 2 atom stereocenters. The third kappa shape index (κ3) is 11.6. The molecule has 0 radical (unpaired) electrons. The number of carboxylic acids is 2. The summed E-state index contributed by atoms with van der Waals surface area (Å²) >= 11 is 1.39. The monoisotopic (exact) mass is 469 g/mol. The van der Waals surface area contributed by atoms with Crippen molar-refractivity contribution in [3.8, 4) is 5.75 Å². The number of hydrogen-bond acceptors (Lipinski definition) is 7. The number of benzene rings is 1. The molecule has 0 spiro atoms. The van der Waals surface area contributed by atoms with Crippen molar-refractivity contribution in [1.29, 1.82) is 0 Å². The molecule has 0 heterocycles. The molecule has 0 saturated carbocycles. The van der Waals surface area contributed by atoms with Crippen molar-refractivity contribution in [3.05, 3.63) is 29.8 Å². The Labute approximate surface area is 191 Å². The zero-order valence-corrected chi connectivity index (χ0v) is 18.9. The Kier molecular flexibility index (Phi) is 12.8. The molecule has 32 heavy (non-hydrogen) atoms. The third-order valence-corrected chi connectivity index (χ3v) is 5.41. The van der Waals surface area contributed by atoms with Crippen molar-refractivity contribution < 1.29 is 34.1 Å². The van der Waals surface area contributed by atoms with Gasteiger partial charge >= 0.3 is 11.9 Å². The second-order valence-electron chi connectivity index (χ2n) is 7.08. The van der Waals surface area contributed by atoms with Gasteiger partial charge in [0.05, 0.1) is 6.61 Å². The van der Waals surface area contributed by atoms with Crippen LogP contribution in [-0.2, 0) is 24.9 Å². The van der Waals surface area contributed by atoms with Crippen molar-refractivity contribution in [2.45, 2.75) is 50.4 Å². The normalized spacial score (nSPS) is 12.4. The summed E-state index contributed by atoms with van der Waals surface area (Å²) < 4.78 is 5.62. The number of rotatable bonds is 16. The van der Waals surface area contributed by atoms with Crippen molar-refractivity contribution >= 4 is 35.5 Å². The van der Waals surface area contributed by atoms with Crippen molar-refractivity contribution in [2.75, 3.05) is 18.9 Å². The van der Waals surface area contributed by atoms with Gasteiger partial charge in [0.15, 0.2) is 0 Å². The Morgan fingerprint density at radius 3 is 2.44 bits per heavy atom. The van der Waals surface area contributed by atoms with Crippen LogP contribution in [0.3, 0.4) is 0 Å². The van der Waals surface area contributed by atoms with E-state index in [1.165, 1.54) is 11.8 Å². The first-order valence-electron chi connectivity index (χ1n) is 10.3. The maximum Gasteiger partial charge on any atom is 0.322 e. The molecule has 0 aliphatic rings. The van der Waals surface area contributed by atoms with Crippen molar-refractivity contribution in [1.82, 2.24) is 10.6 Å². The zero-order valence-electron chi connectivity index (χ0n) is 18.0. The Hall–Kier alpha value is -2.79. The molecule has 178 valence electrons. The van der Waals surface area contributed by atoms with Crippen LogP contribution in [0.15, 0.2) is 24.3 Å². The van der Waals surface area contributed by atoms with Crippen LogP contribution < -0.4 is 21.1 Å². The lowest BCUT2D eigenvalue weighted by molar-refractivity contribution is -0.139. The molecule has 0 aliphatic carbocycles. The molecule has 0 aromatic heterocycles. The molecule has 1 aromatic carbocycles. The van der Waals surface area contributed by atoms with E-state index in [2.05, 4.69) is 17.6 Å². The second-order valence-corrected chi connectivity index (χ2v) is 8.11. The van der Waals surface area contributed by atoms with Gasteiger partial charge in [-0.1, -0.05) is 25.5 Å². The predicted octanol–water partition coefficient (Wildman–Crippen LogP) is 0.976. The lowest BCUT2D eigenvalue weighted by Gasteiger charge is -2.18. The SMILES string of the molecule is CCCCOc1ccc(CSCC(NC(=O)CCC(N)C(=O)O)C(=O)NCC(=O)O)cc1. The minimum absolute atomic E-state index is 0.0789. The van der Waals surface area contributed by atoms with Crippen LogP contribution in [-0.4, -0.2) is 65.0 Å². The number of nitrogens with one attached hydrogen (secondary N) is 2. The lowest BCUT2D eigenvalue weighted by Crippen LogP contribution is -2.49. The third-order valence-electron chi connectivity index (χ3n) is 4.31. The van der Waals surface area contributed by atoms with Gasteiger partial charge in [0.1, 0.15) is 24.4 Å². The van der Waals surface area contributed by atoms with E-state index < -0.39 is 42.4 Å². The lowest BCUT2D eigenvalue weighted by atomic mass is 10.1. The number of thioether (sulfide) groups is 1. The summed E-state index contributed by atoms with van der Waals surface area (Å²) in [4.78, 5) is 45.9. The van der Waals surface area contributed by atoms with E-state index >= 15 is 0 Å². The minimum Gasteiger partial charge on any atom is -0.494 e. The van der Waals surface area contributed by atoms with Gasteiger partial charge < -0.3 is 31.3 Å². The highest BCUT2D eigenvalue weighted by Crippen LogP contribution is 2.18. The summed E-state index contributed by atoms with van der Waals surface area (Å²) in [6.45, 7) is 2.18. The number of amides is 2. The fourth-order valence-electron chi connectivity index (χ4n) is 2.46. The summed E-state index contributed by atoms with van der Waals surface area (Å²) in [5.74, 6) is -2.03. The van der Waals surface area contributed by atoms with Crippen LogP contribution >= 0.6 is 11.8 Å². The van der Waals surface area contributed by atoms with Gasteiger partial charge in [-0.3, -0.25) is 19.2 Å². The first kappa shape index (κ1) is 27.2. The molecule has 0 bridgehead atoms. The molecular weight excluding hydrogens is 438 g/mol. The fourth-order valence-corrected chi connectivity index (χ4v) is 3.47. The molecule has 2 unspecified atom stereocenters. The number of carbonyl (C=O) groups is 4. The van der Waals surface area contributed by atoms with Gasteiger partial charge in [-0.25, -0.2) is 0 Å². The average molecular weight is 470 g/mol. The van der Waals surface area contributed by atoms with Crippen LogP contribution in [0.1, 0.15) is 38.2 Å². The van der Waals surface area contributed by atoms with Crippen molar-refractivity contribution in [2.24, 2.45) is 5.73 Å². The largest absolute Gasteiger partial charge is 0.494 e. The first-order valence-corrected chi connectivity index (χ1v) is 11.4. The summed E-state index contributed by atoms with van der Waals surface area (Å²) in [6.07, 6.45) is 1.79. The van der Waals surface area contributed by atoms with E-state index in [1.54, 1.807) is 0 Å². The summed E-state index contributed by atoms with van der Waals surface area (Å²) in [7, 11) is 0. The van der Waals surface area contributed by atoms with Crippen molar-refractivity contribution in [3.63, 3.8) is 0 Å². The maximum absolute atomic E-state index is 12.3. The Balaban J connectivity index is 2.59. The highest BCUT2D eigenvalue weighted by Gasteiger charge is 2.22. The van der Waals surface area contributed by atoms with Gasteiger partial charge in [-0.15, -0.1) is 0 Å². The van der Waals surface area contributed by atoms with Crippen LogP contribution in [0.25, 0.3) is 0 Å². The molecular formula is C21H31N3O7S. The second kappa shape index (κ2) is 15.1. The topological polar surface area (TPSA) is 168 Å². The smallest absolute Gasteiger partial charge is 0.322 e. The number of hydrogen-bond donors (Lipinski definition) is 5. The van der Waals surface area contributed by atoms with Gasteiger partial charge in [-0.2, -0.15) is 11.8 Å². The van der Waals surface area contributed by atoms with E-state index in [1.807, 2.05) is 24.3 Å². The highest BCUT2D eigenvalue weighted by atomic mass is 32.2. The number of nitrogens with two attached hydrogens (primary N) is 1. The highest BCUT2D eigenvalue weighted by molar-refractivity contribution is 7.98. The maximum atomic E-state index is 12.3. The summed E-state index contributed by atoms with van der Waals surface area (Å²) in [5.41, 5.74) is 6.39. The van der Waals surface area contributed by atoms with E-state index in [-0.39, 0.29) is 18.6 Å². The minimum atomic E-state index is -1.22. The molecule has 6 N–H and O–H groups in total. The summed E-state index contributed by atoms with van der Waals surface area (Å²) in [6, 6.07) is 5.43. The van der Waals surface area contributed by atoms with Gasteiger partial charge in [-0.05, 0) is 30.5 Å². The Morgan fingerprint density at radius 2 is 1.84 bits per heavy atom. The van der Waals surface area contributed by atoms with Crippen LogP contribution in [0.4, 0.5) is 0 Å². The number of aliphatic carboxylic acids is 2. The van der Waals surface area contributed by atoms with Gasteiger partial charge in [0, 0.05) is 17.9 Å². The van der Waals surface area contributed by atoms with E-state index in [0.29, 0.717) is 12.4 Å². The van der Waals surface area contributed by atoms with E-state index in [0.717, 1.165) is 24.2 Å². The molecule has 0 fully saturated rings. The first-order chi connectivity index (χ1) is 15.2. The number of carboxylic acid groups (broad SMARTS) is 2. The predicted molar refractivity (Wildman–Crippen MR) is 120 cm³/mol. The quantitative estimate of drug-likeness (QED) is 0.222. The van der Waals surface area contributed by atoms with Crippen LogP contribution in [0, 0.1) is 0 Å². The average Bonchev–Trinajstić information content (AvgIpc) is 2.76. The molecule has 0 saturated heterocycles. The Bertz CT molecular complexity index is 758. The molecule has 0 aliphatic heterocycles. The molecule has 1 aromatic rings. The van der Waals surface area contributed by atoms with E-state index in [4.69, 9.17) is 20.7 Å². The molecule has 1 rings (SSSR count). The number of carbonyl (C=O) groups excluding carboxylic acids is 2. The molecule has 10 nitrogen and oxygen atoms in total. The molecule has 11 heteroatoms. The van der Waals surface area contributed by atoms with Crippen LogP contribution in [0.2, 0.25) is 0 Å².